The maximum absolute atomic E-state index is 4.27. The van der Waals surface area contributed by atoms with Gasteiger partial charge in [-0.05, 0) is 0 Å². The van der Waals surface area contributed by atoms with Crippen LogP contribution in [-0.4, -0.2) is 56.1 Å². The minimum absolute atomic E-state index is 0.443. The van der Waals surface area contributed by atoms with Gasteiger partial charge in [0.1, 0.15) is 38.4 Å². The Morgan fingerprint density at radius 3 is 1.67 bits per heavy atom. The summed E-state index contributed by atoms with van der Waals surface area (Å²) in [7, 11) is 0. The van der Waals surface area contributed by atoms with E-state index in [0.29, 0.717) is 16.4 Å². The highest BCUT2D eigenvalue weighted by Crippen LogP contribution is 2.27. The van der Waals surface area contributed by atoms with E-state index in [2.05, 4.69) is 35.2 Å². The van der Waals surface area contributed by atoms with Gasteiger partial charge in [0, 0.05) is 13.1 Å². The Bertz CT molecular complexity index is 454. The summed E-state index contributed by atoms with van der Waals surface area (Å²) in [5.41, 5.74) is 0. The van der Waals surface area contributed by atoms with Crippen molar-refractivity contribution in [3.63, 3.8) is 0 Å². The molecule has 1 fully saturated rings. The van der Waals surface area contributed by atoms with Gasteiger partial charge in [-0.2, -0.15) is 24.4 Å². The number of hydrogen-bond acceptors (Lipinski definition) is 7. The van der Waals surface area contributed by atoms with Gasteiger partial charge in [0.25, 0.3) is 0 Å². The van der Waals surface area contributed by atoms with E-state index in [9.17, 15) is 0 Å². The van der Waals surface area contributed by atoms with Crippen LogP contribution in [0.25, 0.3) is 0 Å². The maximum Gasteiger partial charge on any atom is 0.339 e. The maximum atomic E-state index is 4.27. The lowest BCUT2D eigenvalue weighted by Crippen LogP contribution is -2.58. The Labute approximate surface area is 104 Å². The average molecular weight is 245 g/mol. The highest BCUT2D eigenvalue weighted by Gasteiger charge is 2.40. The van der Waals surface area contributed by atoms with E-state index < -0.39 is 0 Å². The SMILES string of the molecule is c1ncnc([N+]2(c3ncncn3)CCNCC2)n1. The molecule has 18 heavy (non-hydrogen) atoms. The standard InChI is InChI=1S/C10H13N8/c1-3-18(4-2-11-1,9-14-5-12-6-15-9)10-16-7-13-8-17-10/h5-8,11H,1-4H2/q+1. The van der Waals surface area contributed by atoms with Crippen LogP contribution in [0.3, 0.4) is 0 Å². The zero-order valence-electron chi connectivity index (χ0n) is 9.77. The summed E-state index contributed by atoms with van der Waals surface area (Å²) in [6, 6.07) is 0. The molecule has 0 atom stereocenters. The van der Waals surface area contributed by atoms with E-state index in [4.69, 9.17) is 0 Å². The molecular weight excluding hydrogens is 232 g/mol. The van der Waals surface area contributed by atoms with Crippen molar-refractivity contribution in [3.05, 3.63) is 25.3 Å². The van der Waals surface area contributed by atoms with Crippen molar-refractivity contribution in [2.75, 3.05) is 26.2 Å². The molecule has 0 radical (unpaired) electrons. The first-order valence-electron chi connectivity index (χ1n) is 5.75. The number of hydrogen-bond donors (Lipinski definition) is 1. The summed E-state index contributed by atoms with van der Waals surface area (Å²) in [6.45, 7) is 3.37. The fourth-order valence-electron chi connectivity index (χ4n) is 2.17. The molecular formula is C10H13N8+. The number of nitrogens with zero attached hydrogens (tertiary/aromatic N) is 7. The number of piperazine rings is 1. The first-order valence-corrected chi connectivity index (χ1v) is 5.75. The molecule has 0 spiro atoms. The molecule has 92 valence electrons. The average Bonchev–Trinajstić information content (AvgIpc) is 2.50. The first kappa shape index (κ1) is 11.1. The van der Waals surface area contributed by atoms with Gasteiger partial charge in [0.05, 0.1) is 0 Å². The third-order valence-corrected chi connectivity index (χ3v) is 3.07. The molecule has 0 aliphatic carbocycles. The van der Waals surface area contributed by atoms with Crippen LogP contribution in [0.4, 0.5) is 11.9 Å². The smallest absolute Gasteiger partial charge is 0.306 e. The summed E-state index contributed by atoms with van der Waals surface area (Å²) in [6.07, 6.45) is 6.02. The van der Waals surface area contributed by atoms with Crippen molar-refractivity contribution >= 4 is 11.9 Å². The number of rotatable bonds is 2. The molecule has 0 saturated carbocycles. The van der Waals surface area contributed by atoms with Gasteiger partial charge in [0.2, 0.25) is 0 Å². The van der Waals surface area contributed by atoms with E-state index >= 15 is 0 Å². The molecule has 2 aromatic heterocycles. The number of nitrogens with one attached hydrogen (secondary N) is 1. The molecule has 0 amide bonds. The van der Waals surface area contributed by atoms with Gasteiger partial charge in [-0.25, -0.2) is 9.97 Å². The van der Waals surface area contributed by atoms with Gasteiger partial charge >= 0.3 is 11.9 Å². The van der Waals surface area contributed by atoms with Gasteiger partial charge in [-0.3, -0.25) is 0 Å². The number of quaternary nitrogens is 1. The van der Waals surface area contributed by atoms with Crippen molar-refractivity contribution in [1.29, 1.82) is 0 Å². The fourth-order valence-corrected chi connectivity index (χ4v) is 2.17. The van der Waals surface area contributed by atoms with Crippen LogP contribution >= 0.6 is 0 Å². The van der Waals surface area contributed by atoms with E-state index in [0.717, 1.165) is 26.2 Å². The largest absolute Gasteiger partial charge is 0.339 e. The predicted octanol–water partition coefficient (Wildman–Crippen LogP) is -0.701. The summed E-state index contributed by atoms with van der Waals surface area (Å²) >= 11 is 0. The predicted molar refractivity (Wildman–Crippen MR) is 63.7 cm³/mol. The highest BCUT2D eigenvalue weighted by molar-refractivity contribution is 5.41. The highest BCUT2D eigenvalue weighted by atomic mass is 15.5. The van der Waals surface area contributed by atoms with E-state index in [1.54, 1.807) is 0 Å². The lowest BCUT2D eigenvalue weighted by molar-refractivity contribution is 0.301. The Morgan fingerprint density at radius 1 is 0.778 bits per heavy atom. The molecule has 8 nitrogen and oxygen atoms in total. The summed E-state index contributed by atoms with van der Waals surface area (Å²) in [5.74, 6) is 1.36. The Morgan fingerprint density at radius 2 is 1.22 bits per heavy atom. The van der Waals surface area contributed by atoms with Crippen LogP contribution in [0, 0.1) is 0 Å². The van der Waals surface area contributed by atoms with Crippen LogP contribution in [0.5, 0.6) is 0 Å². The van der Waals surface area contributed by atoms with Crippen LogP contribution < -0.4 is 9.80 Å². The molecule has 3 rings (SSSR count). The van der Waals surface area contributed by atoms with Crippen LogP contribution in [0.2, 0.25) is 0 Å². The van der Waals surface area contributed by atoms with E-state index in [-0.39, 0.29) is 0 Å². The van der Waals surface area contributed by atoms with Crippen LogP contribution in [-0.2, 0) is 0 Å². The molecule has 1 N–H and O–H groups in total. The van der Waals surface area contributed by atoms with E-state index in [1.807, 2.05) is 0 Å². The van der Waals surface area contributed by atoms with Crippen molar-refractivity contribution in [2.24, 2.45) is 0 Å². The molecule has 3 heterocycles. The van der Waals surface area contributed by atoms with Gasteiger partial charge < -0.3 is 5.32 Å². The lowest BCUT2D eigenvalue weighted by atomic mass is 10.3. The van der Waals surface area contributed by atoms with Crippen LogP contribution in [0.1, 0.15) is 0 Å². The summed E-state index contributed by atoms with van der Waals surface area (Å²) in [5, 5.41) is 3.32. The fraction of sp³-hybridized carbons (Fsp3) is 0.400. The third-order valence-electron chi connectivity index (χ3n) is 3.07. The van der Waals surface area contributed by atoms with Gasteiger partial charge in [-0.15, -0.1) is 0 Å². The zero-order chi connectivity index (χ0) is 12.3. The number of aromatic nitrogens is 6. The molecule has 0 aromatic carbocycles. The summed E-state index contributed by atoms with van der Waals surface area (Å²) in [4.78, 5) is 24.8. The van der Waals surface area contributed by atoms with Crippen molar-refractivity contribution in [3.8, 4) is 0 Å². The molecule has 2 aromatic rings. The minimum Gasteiger partial charge on any atom is -0.306 e. The molecule has 1 saturated heterocycles. The zero-order valence-corrected chi connectivity index (χ0v) is 9.77. The Balaban J connectivity index is 2.10. The molecule has 1 aliphatic rings. The van der Waals surface area contributed by atoms with Crippen LogP contribution in [0.15, 0.2) is 25.3 Å². The van der Waals surface area contributed by atoms with Gasteiger partial charge in [-0.1, -0.05) is 0 Å². The van der Waals surface area contributed by atoms with Crippen molar-refractivity contribution < 1.29 is 0 Å². The normalized spacial score (nSPS) is 18.4. The van der Waals surface area contributed by atoms with Gasteiger partial charge in [0.15, 0.2) is 0 Å². The topological polar surface area (TPSA) is 89.4 Å². The van der Waals surface area contributed by atoms with E-state index in [1.165, 1.54) is 25.3 Å². The van der Waals surface area contributed by atoms with Crippen molar-refractivity contribution in [1.82, 2.24) is 39.7 Å². The summed E-state index contributed by atoms with van der Waals surface area (Å²) < 4.78 is 0.443. The monoisotopic (exact) mass is 245 g/mol. The Kier molecular flexibility index (Phi) is 2.87. The lowest BCUT2D eigenvalue weighted by Gasteiger charge is -2.35. The quantitative estimate of drug-likeness (QED) is 0.699. The Hall–Kier alpha value is -2.06. The first-order chi connectivity index (χ1) is 8.92. The molecule has 0 bridgehead atoms. The molecule has 0 unspecified atom stereocenters. The minimum atomic E-state index is 0.443. The second kappa shape index (κ2) is 4.67. The second-order valence-electron chi connectivity index (χ2n) is 4.04. The molecule has 1 aliphatic heterocycles. The second-order valence-corrected chi connectivity index (χ2v) is 4.04. The molecule has 8 heteroatoms. The third kappa shape index (κ3) is 1.81. The van der Waals surface area contributed by atoms with Crippen molar-refractivity contribution in [2.45, 2.75) is 0 Å².